The molecular formula is C11H23NO2. The molecule has 0 aromatic heterocycles. The second kappa shape index (κ2) is 7.97. The predicted octanol–water partition coefficient (Wildman–Crippen LogP) is 2.07. The largest absolute Gasteiger partial charge is 0.351 e. The van der Waals surface area contributed by atoms with Gasteiger partial charge in [0, 0.05) is 13.2 Å². The molecule has 0 radical (unpaired) electrons. The van der Waals surface area contributed by atoms with E-state index in [9.17, 15) is 0 Å². The highest BCUT2D eigenvalue weighted by molar-refractivity contribution is 4.89. The summed E-state index contributed by atoms with van der Waals surface area (Å²) in [5.41, 5.74) is 7.09. The Morgan fingerprint density at radius 2 is 1.79 bits per heavy atom. The second-order valence-electron chi connectivity index (χ2n) is 3.44. The lowest BCUT2D eigenvalue weighted by molar-refractivity contribution is -0.149. The standard InChI is InChI=1S/C11H23NO2/c1-5-13-11(14-6-2)10(12)8-7-9(3)4/h10-11H,3,5-8,12H2,1-2,4H3. The number of ether oxygens (including phenoxy) is 2. The minimum atomic E-state index is -0.274. The highest BCUT2D eigenvalue weighted by atomic mass is 16.7. The predicted molar refractivity (Wildman–Crippen MR) is 59.1 cm³/mol. The Balaban J connectivity index is 3.86. The third-order valence-electron chi connectivity index (χ3n) is 1.92. The molecule has 3 heteroatoms. The molecular weight excluding hydrogens is 178 g/mol. The molecule has 0 spiro atoms. The van der Waals surface area contributed by atoms with Gasteiger partial charge in [-0.05, 0) is 33.6 Å². The lowest BCUT2D eigenvalue weighted by Gasteiger charge is -2.23. The van der Waals surface area contributed by atoms with Gasteiger partial charge in [-0.2, -0.15) is 0 Å². The maximum Gasteiger partial charge on any atom is 0.172 e. The van der Waals surface area contributed by atoms with Gasteiger partial charge in [0.2, 0.25) is 0 Å². The number of allylic oxidation sites excluding steroid dienone is 1. The van der Waals surface area contributed by atoms with Crippen LogP contribution in [0.5, 0.6) is 0 Å². The molecule has 0 aliphatic heterocycles. The van der Waals surface area contributed by atoms with Crippen LogP contribution in [-0.2, 0) is 9.47 Å². The van der Waals surface area contributed by atoms with Crippen LogP contribution in [0.4, 0.5) is 0 Å². The van der Waals surface area contributed by atoms with Crippen LogP contribution in [0.3, 0.4) is 0 Å². The molecule has 1 unspecified atom stereocenters. The van der Waals surface area contributed by atoms with E-state index in [1.807, 2.05) is 20.8 Å². The van der Waals surface area contributed by atoms with E-state index in [0.717, 1.165) is 18.4 Å². The summed E-state index contributed by atoms with van der Waals surface area (Å²) in [5, 5.41) is 0. The van der Waals surface area contributed by atoms with Crippen molar-refractivity contribution in [3.63, 3.8) is 0 Å². The van der Waals surface area contributed by atoms with Gasteiger partial charge in [0.1, 0.15) is 0 Å². The Labute approximate surface area is 87.3 Å². The molecule has 0 aliphatic carbocycles. The summed E-state index contributed by atoms with van der Waals surface area (Å²) in [6.07, 6.45) is 1.52. The van der Waals surface area contributed by atoms with Crippen LogP contribution in [0.2, 0.25) is 0 Å². The third kappa shape index (κ3) is 6.13. The molecule has 0 aliphatic rings. The van der Waals surface area contributed by atoms with Gasteiger partial charge >= 0.3 is 0 Å². The number of rotatable bonds is 8. The van der Waals surface area contributed by atoms with Crippen LogP contribution in [0.1, 0.15) is 33.6 Å². The molecule has 3 nitrogen and oxygen atoms in total. The average molecular weight is 201 g/mol. The molecule has 0 heterocycles. The first-order chi connectivity index (χ1) is 6.61. The lowest BCUT2D eigenvalue weighted by atomic mass is 10.1. The third-order valence-corrected chi connectivity index (χ3v) is 1.92. The van der Waals surface area contributed by atoms with Crippen molar-refractivity contribution in [2.75, 3.05) is 13.2 Å². The fraction of sp³-hybridized carbons (Fsp3) is 0.818. The van der Waals surface area contributed by atoms with Crippen LogP contribution < -0.4 is 5.73 Å². The van der Waals surface area contributed by atoms with E-state index in [4.69, 9.17) is 15.2 Å². The first kappa shape index (κ1) is 13.6. The van der Waals surface area contributed by atoms with Crippen LogP contribution in [0.25, 0.3) is 0 Å². The summed E-state index contributed by atoms with van der Waals surface area (Å²) in [5.74, 6) is 0. The maximum absolute atomic E-state index is 5.95. The summed E-state index contributed by atoms with van der Waals surface area (Å²) in [6, 6.07) is -0.0633. The number of hydrogen-bond acceptors (Lipinski definition) is 3. The molecule has 0 bridgehead atoms. The van der Waals surface area contributed by atoms with Gasteiger partial charge in [0.15, 0.2) is 6.29 Å². The zero-order chi connectivity index (χ0) is 11.0. The van der Waals surface area contributed by atoms with Gasteiger partial charge in [-0.25, -0.2) is 0 Å². The minimum Gasteiger partial charge on any atom is -0.351 e. The topological polar surface area (TPSA) is 44.5 Å². The molecule has 0 saturated carbocycles. The average Bonchev–Trinajstić information content (AvgIpc) is 2.14. The fourth-order valence-electron chi connectivity index (χ4n) is 1.17. The first-order valence-electron chi connectivity index (χ1n) is 5.24. The molecule has 0 saturated heterocycles. The van der Waals surface area contributed by atoms with Gasteiger partial charge in [0.05, 0.1) is 6.04 Å². The van der Waals surface area contributed by atoms with Crippen molar-refractivity contribution in [3.05, 3.63) is 12.2 Å². The summed E-state index contributed by atoms with van der Waals surface area (Å²) in [7, 11) is 0. The van der Waals surface area contributed by atoms with Crippen LogP contribution in [0.15, 0.2) is 12.2 Å². The monoisotopic (exact) mass is 201 g/mol. The van der Waals surface area contributed by atoms with Gasteiger partial charge < -0.3 is 15.2 Å². The van der Waals surface area contributed by atoms with Gasteiger partial charge in [0.25, 0.3) is 0 Å². The van der Waals surface area contributed by atoms with Crippen LogP contribution in [-0.4, -0.2) is 25.5 Å². The van der Waals surface area contributed by atoms with Crippen molar-refractivity contribution in [1.82, 2.24) is 0 Å². The van der Waals surface area contributed by atoms with Crippen LogP contribution >= 0.6 is 0 Å². The van der Waals surface area contributed by atoms with Crippen molar-refractivity contribution in [3.8, 4) is 0 Å². The SMILES string of the molecule is C=C(C)CCC(N)C(OCC)OCC. The molecule has 0 aromatic carbocycles. The van der Waals surface area contributed by atoms with Gasteiger partial charge in [-0.3, -0.25) is 0 Å². The van der Waals surface area contributed by atoms with E-state index in [0.29, 0.717) is 13.2 Å². The highest BCUT2D eigenvalue weighted by Crippen LogP contribution is 2.09. The summed E-state index contributed by atoms with van der Waals surface area (Å²) in [6.45, 7) is 11.0. The van der Waals surface area contributed by atoms with E-state index in [2.05, 4.69) is 6.58 Å². The zero-order valence-corrected chi connectivity index (χ0v) is 9.58. The van der Waals surface area contributed by atoms with Crippen molar-refractivity contribution >= 4 is 0 Å². The molecule has 84 valence electrons. The van der Waals surface area contributed by atoms with Crippen molar-refractivity contribution < 1.29 is 9.47 Å². The second-order valence-corrected chi connectivity index (χ2v) is 3.44. The highest BCUT2D eigenvalue weighted by Gasteiger charge is 2.17. The van der Waals surface area contributed by atoms with Crippen molar-refractivity contribution in [2.45, 2.75) is 45.9 Å². The van der Waals surface area contributed by atoms with E-state index in [1.54, 1.807) is 0 Å². The smallest absolute Gasteiger partial charge is 0.172 e. The lowest BCUT2D eigenvalue weighted by Crippen LogP contribution is -2.39. The Kier molecular flexibility index (Phi) is 7.76. The van der Waals surface area contributed by atoms with Crippen LogP contribution in [0, 0.1) is 0 Å². The Morgan fingerprint density at radius 1 is 1.29 bits per heavy atom. The summed E-state index contributed by atoms with van der Waals surface area (Å²) in [4.78, 5) is 0. The summed E-state index contributed by atoms with van der Waals surface area (Å²) < 4.78 is 10.8. The molecule has 1 atom stereocenters. The number of hydrogen-bond donors (Lipinski definition) is 1. The molecule has 0 rings (SSSR count). The van der Waals surface area contributed by atoms with Crippen molar-refractivity contribution in [2.24, 2.45) is 5.73 Å². The molecule has 0 amide bonds. The van der Waals surface area contributed by atoms with E-state index >= 15 is 0 Å². The van der Waals surface area contributed by atoms with Crippen molar-refractivity contribution in [1.29, 1.82) is 0 Å². The Bertz CT molecular complexity index is 153. The zero-order valence-electron chi connectivity index (χ0n) is 9.58. The molecule has 14 heavy (non-hydrogen) atoms. The van der Waals surface area contributed by atoms with Gasteiger partial charge in [-0.1, -0.05) is 5.57 Å². The fourth-order valence-corrected chi connectivity index (χ4v) is 1.17. The molecule has 0 aromatic rings. The van der Waals surface area contributed by atoms with Gasteiger partial charge in [-0.15, -0.1) is 6.58 Å². The van der Waals surface area contributed by atoms with E-state index < -0.39 is 0 Å². The minimum absolute atomic E-state index is 0.0633. The van der Waals surface area contributed by atoms with E-state index in [-0.39, 0.29) is 12.3 Å². The molecule has 2 N–H and O–H groups in total. The number of nitrogens with two attached hydrogens (primary N) is 1. The first-order valence-corrected chi connectivity index (χ1v) is 5.24. The summed E-state index contributed by atoms with van der Waals surface area (Å²) >= 11 is 0. The Hall–Kier alpha value is -0.380. The quantitative estimate of drug-likeness (QED) is 0.483. The maximum atomic E-state index is 5.95. The molecule has 0 fully saturated rings. The van der Waals surface area contributed by atoms with E-state index in [1.165, 1.54) is 0 Å². The Morgan fingerprint density at radius 3 is 2.14 bits per heavy atom. The normalized spacial score (nSPS) is 13.2.